The number of carbonyl (C=O) groups is 1. The number of hydrogen-bond donors (Lipinski definition) is 2. The van der Waals surface area contributed by atoms with E-state index in [9.17, 15) is 19.4 Å². The van der Waals surface area contributed by atoms with Gasteiger partial charge < -0.3 is 15.1 Å². The number of phenols is 1. The Morgan fingerprint density at radius 2 is 2.12 bits per heavy atom. The van der Waals surface area contributed by atoms with Crippen molar-refractivity contribution in [3.8, 4) is 16.9 Å². The second kappa shape index (κ2) is 7.51. The highest BCUT2D eigenvalue weighted by atomic mass is 35.5. The summed E-state index contributed by atoms with van der Waals surface area (Å²) < 4.78 is 13.9. The van der Waals surface area contributed by atoms with E-state index in [4.69, 9.17) is 11.6 Å². The number of carboxylic acid groups (broad SMARTS) is 1. The minimum absolute atomic E-state index is 0.0676. The summed E-state index contributed by atoms with van der Waals surface area (Å²) in [5.41, 5.74) is 1.20. The molecule has 0 aromatic heterocycles. The van der Waals surface area contributed by atoms with Gasteiger partial charge in [0.05, 0.1) is 5.69 Å². The van der Waals surface area contributed by atoms with E-state index in [2.05, 4.69) is 4.90 Å². The van der Waals surface area contributed by atoms with Crippen molar-refractivity contribution in [2.45, 2.75) is 6.42 Å². The van der Waals surface area contributed by atoms with Crippen molar-refractivity contribution < 1.29 is 19.4 Å². The Balaban J connectivity index is 2.03. The van der Waals surface area contributed by atoms with Crippen molar-refractivity contribution in [2.24, 2.45) is 5.92 Å². The summed E-state index contributed by atoms with van der Waals surface area (Å²) in [5.74, 6) is -0.349. The van der Waals surface area contributed by atoms with E-state index in [1.165, 1.54) is 35.2 Å². The fourth-order valence-corrected chi connectivity index (χ4v) is 3.65. The Labute approximate surface area is 156 Å². The van der Waals surface area contributed by atoms with Crippen molar-refractivity contribution in [1.29, 1.82) is 0 Å². The Morgan fingerprint density at radius 3 is 2.73 bits per heavy atom. The average Bonchev–Trinajstić information content (AvgIpc) is 2.97. The van der Waals surface area contributed by atoms with Gasteiger partial charge in [-0.2, -0.15) is 0 Å². The van der Waals surface area contributed by atoms with Crippen molar-refractivity contribution >= 4 is 23.4 Å². The second-order valence-electron chi connectivity index (χ2n) is 6.67. The van der Waals surface area contributed by atoms with Gasteiger partial charge in [0.2, 0.25) is 0 Å². The number of benzene rings is 2. The normalized spacial score (nSPS) is 17.4. The van der Waals surface area contributed by atoms with Crippen LogP contribution in [0.3, 0.4) is 0 Å². The summed E-state index contributed by atoms with van der Waals surface area (Å²) >= 11 is 6.00. The van der Waals surface area contributed by atoms with Crippen molar-refractivity contribution in [3.63, 3.8) is 0 Å². The summed E-state index contributed by atoms with van der Waals surface area (Å²) in [6.07, 6.45) is -0.187. The first kappa shape index (κ1) is 18.5. The number of rotatable bonds is 4. The first-order valence-corrected chi connectivity index (χ1v) is 8.70. The molecule has 0 radical (unpaired) electrons. The molecule has 3 rings (SSSR count). The van der Waals surface area contributed by atoms with Crippen LogP contribution >= 0.6 is 11.6 Å². The van der Waals surface area contributed by atoms with Gasteiger partial charge in [-0.1, -0.05) is 11.6 Å². The van der Waals surface area contributed by atoms with Gasteiger partial charge >= 0.3 is 6.09 Å². The summed E-state index contributed by atoms with van der Waals surface area (Å²) in [4.78, 5) is 15.3. The molecule has 1 amide bonds. The molecule has 26 heavy (non-hydrogen) atoms. The van der Waals surface area contributed by atoms with Gasteiger partial charge in [-0.05, 0) is 67.9 Å². The number of amides is 1. The number of aromatic hydroxyl groups is 1. The minimum atomic E-state index is -1.10. The first-order chi connectivity index (χ1) is 12.3. The zero-order valence-corrected chi connectivity index (χ0v) is 15.1. The van der Waals surface area contributed by atoms with E-state index in [0.717, 1.165) is 19.5 Å². The van der Waals surface area contributed by atoms with Gasteiger partial charge in [0.1, 0.15) is 11.6 Å². The lowest BCUT2D eigenvalue weighted by molar-refractivity contribution is 0.200. The minimum Gasteiger partial charge on any atom is -0.508 e. The SMILES string of the molecule is CN1CC[C@H](CN(C(=O)O)c2ccc(F)cc2-c2cc(O)cc(Cl)c2)C1. The van der Waals surface area contributed by atoms with E-state index < -0.39 is 11.9 Å². The van der Waals surface area contributed by atoms with Gasteiger partial charge in [-0.15, -0.1) is 0 Å². The fraction of sp³-hybridized carbons (Fsp3) is 0.316. The van der Waals surface area contributed by atoms with Gasteiger partial charge in [-0.3, -0.25) is 4.90 Å². The van der Waals surface area contributed by atoms with Crippen LogP contribution in [0.25, 0.3) is 11.1 Å². The summed E-state index contributed by atoms with van der Waals surface area (Å²) in [5, 5.41) is 19.8. The quantitative estimate of drug-likeness (QED) is 0.833. The van der Waals surface area contributed by atoms with E-state index >= 15 is 0 Å². The smallest absolute Gasteiger partial charge is 0.411 e. The third kappa shape index (κ3) is 4.08. The number of hydrogen-bond acceptors (Lipinski definition) is 3. The molecule has 1 atom stereocenters. The molecule has 2 aromatic rings. The lowest BCUT2D eigenvalue weighted by Gasteiger charge is -2.25. The van der Waals surface area contributed by atoms with Crippen LogP contribution in [0.15, 0.2) is 36.4 Å². The zero-order chi connectivity index (χ0) is 18.8. The van der Waals surface area contributed by atoms with Crippen LogP contribution in [0.5, 0.6) is 5.75 Å². The topological polar surface area (TPSA) is 64.0 Å². The maximum absolute atomic E-state index is 13.9. The molecule has 7 heteroatoms. The van der Waals surface area contributed by atoms with Gasteiger partial charge in [0.15, 0.2) is 0 Å². The molecule has 2 aromatic carbocycles. The predicted molar refractivity (Wildman–Crippen MR) is 99.5 cm³/mol. The standard InChI is InChI=1S/C19H20ClFN2O3/c1-22-5-4-12(10-22)11-23(19(25)26)18-3-2-15(21)9-17(18)13-6-14(20)8-16(24)7-13/h2-3,6-9,12,24H,4-5,10-11H2,1H3,(H,25,26)/t12-/m0/s1. The lowest BCUT2D eigenvalue weighted by Crippen LogP contribution is -2.35. The maximum atomic E-state index is 13.9. The van der Waals surface area contributed by atoms with E-state index in [1.807, 2.05) is 7.05 Å². The molecule has 0 spiro atoms. The molecule has 1 fully saturated rings. The van der Waals surface area contributed by atoms with Crippen LogP contribution in [-0.2, 0) is 0 Å². The molecule has 2 N–H and O–H groups in total. The van der Waals surface area contributed by atoms with E-state index in [1.54, 1.807) is 6.07 Å². The molecule has 1 aliphatic heterocycles. The lowest BCUT2D eigenvalue weighted by atomic mass is 10.0. The Morgan fingerprint density at radius 1 is 1.35 bits per heavy atom. The Bertz CT molecular complexity index is 810. The van der Waals surface area contributed by atoms with Crippen molar-refractivity contribution in [2.75, 3.05) is 31.6 Å². The van der Waals surface area contributed by atoms with Gasteiger partial charge in [0, 0.05) is 23.7 Å². The fourth-order valence-electron chi connectivity index (χ4n) is 3.42. The summed E-state index contributed by atoms with van der Waals surface area (Å²) in [6, 6.07) is 8.33. The number of halogens is 2. The van der Waals surface area contributed by atoms with E-state index in [-0.39, 0.29) is 16.7 Å². The zero-order valence-electron chi connectivity index (χ0n) is 14.3. The number of nitrogens with zero attached hydrogens (tertiary/aromatic N) is 2. The highest BCUT2D eigenvalue weighted by Gasteiger charge is 2.27. The van der Waals surface area contributed by atoms with Crippen LogP contribution < -0.4 is 4.90 Å². The largest absolute Gasteiger partial charge is 0.508 e. The molecular formula is C19H20ClFN2O3. The van der Waals surface area contributed by atoms with Crippen LogP contribution in [-0.4, -0.2) is 47.9 Å². The molecular weight excluding hydrogens is 359 g/mol. The van der Waals surface area contributed by atoms with Crippen molar-refractivity contribution in [3.05, 3.63) is 47.2 Å². The Hall–Kier alpha value is -2.31. The number of likely N-dealkylation sites (tertiary alicyclic amines) is 1. The van der Waals surface area contributed by atoms with Gasteiger partial charge in [0.25, 0.3) is 0 Å². The van der Waals surface area contributed by atoms with Crippen molar-refractivity contribution in [1.82, 2.24) is 4.90 Å². The Kier molecular flexibility index (Phi) is 5.34. The highest BCUT2D eigenvalue weighted by molar-refractivity contribution is 6.31. The van der Waals surface area contributed by atoms with E-state index in [0.29, 0.717) is 23.4 Å². The third-order valence-electron chi connectivity index (χ3n) is 4.60. The van der Waals surface area contributed by atoms with Crippen LogP contribution in [0.2, 0.25) is 5.02 Å². The van der Waals surface area contributed by atoms with Crippen LogP contribution in [0.4, 0.5) is 14.9 Å². The molecule has 1 aliphatic rings. The second-order valence-corrected chi connectivity index (χ2v) is 7.11. The van der Waals surface area contributed by atoms with Gasteiger partial charge in [-0.25, -0.2) is 9.18 Å². The molecule has 5 nitrogen and oxygen atoms in total. The molecule has 1 saturated heterocycles. The van der Waals surface area contributed by atoms with Crippen LogP contribution in [0.1, 0.15) is 6.42 Å². The highest BCUT2D eigenvalue weighted by Crippen LogP contribution is 2.36. The monoisotopic (exact) mass is 378 g/mol. The van der Waals surface area contributed by atoms with Crippen LogP contribution in [0, 0.1) is 11.7 Å². The molecule has 0 bridgehead atoms. The molecule has 0 aliphatic carbocycles. The molecule has 1 heterocycles. The first-order valence-electron chi connectivity index (χ1n) is 8.32. The molecule has 0 saturated carbocycles. The number of anilines is 1. The summed E-state index contributed by atoms with van der Waals surface area (Å²) in [6.45, 7) is 2.07. The average molecular weight is 379 g/mol. The molecule has 138 valence electrons. The number of phenolic OH excluding ortho intramolecular Hbond substituents is 1. The maximum Gasteiger partial charge on any atom is 0.411 e. The molecule has 0 unspecified atom stereocenters. The summed E-state index contributed by atoms with van der Waals surface area (Å²) in [7, 11) is 2.00. The third-order valence-corrected chi connectivity index (χ3v) is 4.82. The predicted octanol–water partition coefficient (Wildman–Crippen LogP) is 4.29.